The van der Waals surface area contributed by atoms with Crippen LogP contribution in [0.2, 0.25) is 0 Å². The van der Waals surface area contributed by atoms with Gasteiger partial charge in [0.15, 0.2) is 0 Å². The van der Waals surface area contributed by atoms with Crippen molar-refractivity contribution < 1.29 is 15.0 Å². The summed E-state index contributed by atoms with van der Waals surface area (Å²) in [5.41, 5.74) is 1.03. The summed E-state index contributed by atoms with van der Waals surface area (Å²) in [5.74, 6) is 5.30. The van der Waals surface area contributed by atoms with Crippen molar-refractivity contribution >= 4 is 17.2 Å². The number of benzene rings is 1. The van der Waals surface area contributed by atoms with Crippen molar-refractivity contribution in [1.82, 2.24) is 5.32 Å². The van der Waals surface area contributed by atoms with Gasteiger partial charge in [-0.3, -0.25) is 4.79 Å². The molecule has 0 spiro atoms. The molecule has 1 heterocycles. The molecular formula is C16H15NO3S. The van der Waals surface area contributed by atoms with Crippen LogP contribution in [0.5, 0.6) is 5.75 Å². The molecule has 108 valence electrons. The zero-order valence-corrected chi connectivity index (χ0v) is 12.3. The van der Waals surface area contributed by atoms with Crippen LogP contribution in [0.1, 0.15) is 25.7 Å². The summed E-state index contributed by atoms with van der Waals surface area (Å²) in [6, 6.07) is 8.62. The Balaban J connectivity index is 2.01. The highest BCUT2D eigenvalue weighted by Crippen LogP contribution is 2.20. The number of aliphatic hydroxyl groups excluding tert-OH is 1. The maximum atomic E-state index is 12.1. The highest BCUT2D eigenvalue weighted by Gasteiger charge is 2.11. The van der Waals surface area contributed by atoms with E-state index in [1.54, 1.807) is 25.1 Å². The van der Waals surface area contributed by atoms with E-state index in [1.165, 1.54) is 11.3 Å². The van der Waals surface area contributed by atoms with E-state index in [9.17, 15) is 9.90 Å². The number of thiophene rings is 1. The zero-order valence-electron chi connectivity index (χ0n) is 11.5. The van der Waals surface area contributed by atoms with Gasteiger partial charge >= 0.3 is 0 Å². The van der Waals surface area contributed by atoms with Crippen molar-refractivity contribution in [2.75, 3.05) is 6.61 Å². The third kappa shape index (κ3) is 3.85. The zero-order chi connectivity index (χ0) is 15.2. The molecule has 21 heavy (non-hydrogen) atoms. The molecule has 0 unspecified atom stereocenters. The second-order valence-corrected chi connectivity index (χ2v) is 5.53. The highest BCUT2D eigenvalue weighted by atomic mass is 32.1. The summed E-state index contributed by atoms with van der Waals surface area (Å²) in [5, 5.41) is 21.1. The van der Waals surface area contributed by atoms with Crippen molar-refractivity contribution in [2.24, 2.45) is 0 Å². The van der Waals surface area contributed by atoms with Gasteiger partial charge in [-0.2, -0.15) is 0 Å². The predicted octanol–water partition coefficient (Wildman–Crippen LogP) is 2.04. The maximum absolute atomic E-state index is 12.1. The number of phenols is 1. The van der Waals surface area contributed by atoms with E-state index < -0.39 is 0 Å². The maximum Gasteiger partial charge on any atom is 0.251 e. The SMILES string of the molecule is Cc1c(O)cccc1C(=O)NCc1ccc(C#CCO)s1. The van der Waals surface area contributed by atoms with Crippen molar-refractivity contribution in [3.8, 4) is 17.6 Å². The molecule has 0 aliphatic heterocycles. The second-order valence-electron chi connectivity index (χ2n) is 4.36. The van der Waals surface area contributed by atoms with Crippen molar-refractivity contribution in [2.45, 2.75) is 13.5 Å². The fraction of sp³-hybridized carbons (Fsp3) is 0.188. The summed E-state index contributed by atoms with van der Waals surface area (Å²) in [4.78, 5) is 13.9. The van der Waals surface area contributed by atoms with Gasteiger partial charge in [-0.15, -0.1) is 11.3 Å². The smallest absolute Gasteiger partial charge is 0.251 e. The monoisotopic (exact) mass is 301 g/mol. The van der Waals surface area contributed by atoms with Crippen LogP contribution in [0.15, 0.2) is 30.3 Å². The summed E-state index contributed by atoms with van der Waals surface area (Å²) >= 11 is 1.47. The molecule has 0 fully saturated rings. The van der Waals surface area contributed by atoms with E-state index in [0.717, 1.165) is 9.75 Å². The molecule has 2 rings (SSSR count). The number of rotatable bonds is 3. The van der Waals surface area contributed by atoms with Gasteiger partial charge in [-0.25, -0.2) is 0 Å². The number of hydrogen-bond donors (Lipinski definition) is 3. The van der Waals surface area contributed by atoms with Gasteiger partial charge in [0.25, 0.3) is 5.91 Å². The van der Waals surface area contributed by atoms with E-state index in [4.69, 9.17) is 5.11 Å². The van der Waals surface area contributed by atoms with E-state index in [1.807, 2.05) is 12.1 Å². The Bertz CT molecular complexity index is 710. The van der Waals surface area contributed by atoms with Crippen LogP contribution < -0.4 is 5.32 Å². The second kappa shape index (κ2) is 6.93. The first kappa shape index (κ1) is 15.1. The van der Waals surface area contributed by atoms with E-state index in [-0.39, 0.29) is 18.3 Å². The van der Waals surface area contributed by atoms with Crippen molar-refractivity contribution in [1.29, 1.82) is 0 Å². The number of phenolic OH excluding ortho intramolecular Hbond substituents is 1. The first-order valence-corrected chi connectivity index (χ1v) is 7.18. The minimum atomic E-state index is -0.222. The molecule has 1 aromatic carbocycles. The molecule has 0 saturated carbocycles. The number of carbonyl (C=O) groups excluding carboxylic acids is 1. The Kier molecular flexibility index (Phi) is 4.99. The Morgan fingerprint density at radius 1 is 1.33 bits per heavy atom. The lowest BCUT2D eigenvalue weighted by Gasteiger charge is -2.07. The fourth-order valence-electron chi connectivity index (χ4n) is 1.80. The third-order valence-corrected chi connectivity index (χ3v) is 3.93. The van der Waals surface area contributed by atoms with Gasteiger partial charge in [-0.05, 0) is 31.2 Å². The summed E-state index contributed by atoms with van der Waals surface area (Å²) in [7, 11) is 0. The molecule has 1 aromatic heterocycles. The summed E-state index contributed by atoms with van der Waals surface area (Å²) in [6.45, 7) is 1.94. The van der Waals surface area contributed by atoms with Crippen LogP contribution in [-0.2, 0) is 6.54 Å². The Labute approximate surface area is 127 Å². The van der Waals surface area contributed by atoms with Gasteiger partial charge in [-0.1, -0.05) is 17.9 Å². The van der Waals surface area contributed by atoms with Crippen LogP contribution in [0, 0.1) is 18.8 Å². The van der Waals surface area contributed by atoms with E-state index in [2.05, 4.69) is 17.2 Å². The lowest BCUT2D eigenvalue weighted by Crippen LogP contribution is -2.23. The molecular weight excluding hydrogens is 286 g/mol. The molecule has 0 saturated heterocycles. The Morgan fingerprint density at radius 3 is 2.90 bits per heavy atom. The molecule has 5 heteroatoms. The normalized spacial score (nSPS) is 9.81. The average Bonchev–Trinajstić information content (AvgIpc) is 2.93. The van der Waals surface area contributed by atoms with Crippen LogP contribution in [0.25, 0.3) is 0 Å². The molecule has 0 aliphatic rings. The third-order valence-electron chi connectivity index (χ3n) is 2.93. The van der Waals surface area contributed by atoms with Crippen LogP contribution in [-0.4, -0.2) is 22.7 Å². The van der Waals surface area contributed by atoms with Crippen molar-refractivity contribution in [3.63, 3.8) is 0 Å². The Morgan fingerprint density at radius 2 is 2.14 bits per heavy atom. The minimum absolute atomic E-state index is 0.111. The van der Waals surface area contributed by atoms with Gasteiger partial charge in [0.2, 0.25) is 0 Å². The Hall–Kier alpha value is -2.29. The van der Waals surface area contributed by atoms with Crippen molar-refractivity contribution in [3.05, 3.63) is 51.2 Å². The topological polar surface area (TPSA) is 69.6 Å². The number of amides is 1. The molecule has 0 bridgehead atoms. The molecule has 4 nitrogen and oxygen atoms in total. The minimum Gasteiger partial charge on any atom is -0.508 e. The lowest BCUT2D eigenvalue weighted by atomic mass is 10.1. The molecule has 3 N–H and O–H groups in total. The quantitative estimate of drug-likeness (QED) is 0.760. The number of carbonyl (C=O) groups is 1. The number of aromatic hydroxyl groups is 1. The average molecular weight is 301 g/mol. The largest absolute Gasteiger partial charge is 0.508 e. The van der Waals surface area contributed by atoms with Crippen LogP contribution in [0.4, 0.5) is 0 Å². The number of aliphatic hydroxyl groups is 1. The molecule has 0 radical (unpaired) electrons. The van der Waals surface area contributed by atoms with Gasteiger partial charge in [0.05, 0.1) is 11.4 Å². The van der Waals surface area contributed by atoms with Gasteiger partial charge in [0, 0.05) is 16.0 Å². The number of hydrogen-bond acceptors (Lipinski definition) is 4. The standard InChI is InChI=1S/C16H15NO3S/c1-11-14(5-2-6-15(11)19)16(20)17-10-13-8-7-12(21-13)4-3-9-18/h2,5-8,18-19H,9-10H2,1H3,(H,17,20). The first-order chi connectivity index (χ1) is 10.1. The first-order valence-electron chi connectivity index (χ1n) is 6.37. The molecule has 0 atom stereocenters. The molecule has 0 aliphatic carbocycles. The highest BCUT2D eigenvalue weighted by molar-refractivity contribution is 7.12. The molecule has 1 amide bonds. The summed E-state index contributed by atoms with van der Waals surface area (Å²) < 4.78 is 0. The van der Waals surface area contributed by atoms with Crippen LogP contribution in [0.3, 0.4) is 0 Å². The van der Waals surface area contributed by atoms with Crippen LogP contribution >= 0.6 is 11.3 Å². The summed E-state index contributed by atoms with van der Waals surface area (Å²) in [6.07, 6.45) is 0. The van der Waals surface area contributed by atoms with E-state index >= 15 is 0 Å². The van der Waals surface area contributed by atoms with Gasteiger partial charge in [0.1, 0.15) is 12.4 Å². The van der Waals surface area contributed by atoms with Gasteiger partial charge < -0.3 is 15.5 Å². The number of nitrogens with one attached hydrogen (secondary N) is 1. The van der Waals surface area contributed by atoms with E-state index in [0.29, 0.717) is 17.7 Å². The molecule has 2 aromatic rings. The fourth-order valence-corrected chi connectivity index (χ4v) is 2.62. The predicted molar refractivity (Wildman–Crippen MR) is 82.3 cm³/mol. The lowest BCUT2D eigenvalue weighted by molar-refractivity contribution is 0.0950.